The van der Waals surface area contributed by atoms with E-state index in [4.69, 9.17) is 30.5 Å². The summed E-state index contributed by atoms with van der Waals surface area (Å²) in [6.07, 6.45) is 6.89. The number of aliphatic carboxylic acids is 1. The van der Waals surface area contributed by atoms with Crippen molar-refractivity contribution in [3.05, 3.63) is 23.8 Å². The third kappa shape index (κ3) is 6.81. The van der Waals surface area contributed by atoms with Gasteiger partial charge < -0.3 is 35.6 Å². The number of aliphatic hydroxyl groups is 3. The molecule has 1 aromatic rings. The molecule has 33 heavy (non-hydrogen) atoms. The Hall–Kier alpha value is -2.38. The first kappa shape index (κ1) is 26.9. The average molecular weight is 465 g/mol. The second-order valence-electron chi connectivity index (χ2n) is 9.03. The first-order valence-electron chi connectivity index (χ1n) is 11.4. The van der Waals surface area contributed by atoms with Gasteiger partial charge in [0.1, 0.15) is 0 Å². The highest BCUT2D eigenvalue weighted by Crippen LogP contribution is 2.44. The predicted molar refractivity (Wildman–Crippen MR) is 121 cm³/mol. The van der Waals surface area contributed by atoms with E-state index in [2.05, 4.69) is 6.07 Å². The van der Waals surface area contributed by atoms with E-state index in [1.54, 1.807) is 7.11 Å². The van der Waals surface area contributed by atoms with E-state index in [0.717, 1.165) is 18.4 Å². The molecular formula is C24H36N2O7. The van der Waals surface area contributed by atoms with Crippen molar-refractivity contribution in [2.45, 2.75) is 68.4 Å². The summed E-state index contributed by atoms with van der Waals surface area (Å²) < 4.78 is 11.6. The summed E-state index contributed by atoms with van der Waals surface area (Å²) in [6, 6.07) is 8.18. The zero-order chi connectivity index (χ0) is 24.5. The summed E-state index contributed by atoms with van der Waals surface area (Å²) in [4.78, 5) is 11.2. The largest absolute Gasteiger partial charge is 0.493 e. The summed E-state index contributed by atoms with van der Waals surface area (Å²) in [6.45, 7) is -1.21. The van der Waals surface area contributed by atoms with Crippen molar-refractivity contribution in [1.82, 2.24) is 0 Å². The molecule has 0 heterocycles. The molecule has 0 amide bonds. The maximum Gasteiger partial charge on any atom is 0.306 e. The minimum absolute atomic E-state index is 0.213. The van der Waals surface area contributed by atoms with Gasteiger partial charge in [-0.2, -0.15) is 5.26 Å². The number of hydrogen-bond donors (Lipinski definition) is 5. The van der Waals surface area contributed by atoms with Crippen LogP contribution in [0.25, 0.3) is 0 Å². The van der Waals surface area contributed by atoms with Gasteiger partial charge in [-0.1, -0.05) is 6.07 Å². The highest BCUT2D eigenvalue weighted by molar-refractivity contribution is 5.70. The molecule has 9 nitrogen and oxygen atoms in total. The van der Waals surface area contributed by atoms with Crippen LogP contribution in [0.2, 0.25) is 0 Å². The molecule has 2 aliphatic carbocycles. The van der Waals surface area contributed by atoms with Crippen LogP contribution in [-0.4, -0.2) is 65.0 Å². The lowest BCUT2D eigenvalue weighted by atomic mass is 9.67. The molecule has 6 N–H and O–H groups in total. The molecule has 0 aromatic heterocycles. The van der Waals surface area contributed by atoms with Crippen LogP contribution in [0.15, 0.2) is 18.2 Å². The van der Waals surface area contributed by atoms with E-state index in [1.807, 2.05) is 18.2 Å². The number of rotatable bonds is 8. The maximum absolute atomic E-state index is 11.2. The van der Waals surface area contributed by atoms with Gasteiger partial charge in [0.25, 0.3) is 0 Å². The summed E-state index contributed by atoms with van der Waals surface area (Å²) in [5, 5.41) is 44.1. The summed E-state index contributed by atoms with van der Waals surface area (Å²) >= 11 is 0. The van der Waals surface area contributed by atoms with Crippen LogP contribution in [0, 0.1) is 17.2 Å². The summed E-state index contributed by atoms with van der Waals surface area (Å²) in [7, 11) is 1.62. The molecular weight excluding hydrogens is 428 g/mol. The summed E-state index contributed by atoms with van der Waals surface area (Å²) in [5.41, 5.74) is 4.21. The zero-order valence-electron chi connectivity index (χ0n) is 19.2. The van der Waals surface area contributed by atoms with Gasteiger partial charge in [-0.3, -0.25) is 4.79 Å². The fourth-order valence-corrected chi connectivity index (χ4v) is 4.22. The monoisotopic (exact) mass is 464 g/mol. The van der Waals surface area contributed by atoms with Crippen molar-refractivity contribution in [3.63, 3.8) is 0 Å². The molecule has 0 radical (unpaired) electrons. The molecule has 2 aliphatic rings. The topological polar surface area (TPSA) is 166 Å². The Morgan fingerprint density at radius 2 is 1.70 bits per heavy atom. The standard InChI is InChI=1S/C20H25NO4.C4H11NO3/c1-24-17-7-6-15(12-18(17)25-16-4-2-3-5-16)20(13-21)10-8-14(9-11-20)19(22)23;5-4(1-6,2-7)3-8/h6-7,12,14,16H,2-5,8-11H2,1H3,(H,22,23);6-8H,1-3,5H2/t14-,20-;. The number of benzene rings is 1. The molecule has 1 aromatic carbocycles. The van der Waals surface area contributed by atoms with Gasteiger partial charge in [0.15, 0.2) is 11.5 Å². The minimum Gasteiger partial charge on any atom is -0.493 e. The highest BCUT2D eigenvalue weighted by Gasteiger charge is 2.39. The van der Waals surface area contributed by atoms with Gasteiger partial charge in [0.05, 0.1) is 56.0 Å². The molecule has 2 saturated carbocycles. The Balaban J connectivity index is 0.000000414. The van der Waals surface area contributed by atoms with Gasteiger partial charge in [0.2, 0.25) is 0 Å². The number of carboxylic acids is 1. The first-order valence-corrected chi connectivity index (χ1v) is 11.4. The van der Waals surface area contributed by atoms with Crippen LogP contribution >= 0.6 is 0 Å². The molecule has 184 valence electrons. The molecule has 9 heteroatoms. The quantitative estimate of drug-likeness (QED) is 0.385. The molecule has 2 fully saturated rings. The van der Waals surface area contributed by atoms with E-state index >= 15 is 0 Å². The van der Waals surface area contributed by atoms with Gasteiger partial charge in [-0.25, -0.2) is 0 Å². The van der Waals surface area contributed by atoms with Gasteiger partial charge in [-0.15, -0.1) is 0 Å². The highest BCUT2D eigenvalue weighted by atomic mass is 16.5. The van der Waals surface area contributed by atoms with Crippen molar-refractivity contribution in [2.24, 2.45) is 11.7 Å². The van der Waals surface area contributed by atoms with Crippen LogP contribution in [0.1, 0.15) is 56.9 Å². The number of nitrogens with two attached hydrogens (primary N) is 1. The minimum atomic E-state index is -1.21. The average Bonchev–Trinajstić information content (AvgIpc) is 3.37. The number of ether oxygens (including phenoxy) is 2. The number of nitrogens with zero attached hydrogens (tertiary/aromatic N) is 1. The zero-order valence-corrected chi connectivity index (χ0v) is 19.2. The fourth-order valence-electron chi connectivity index (χ4n) is 4.22. The predicted octanol–water partition coefficient (Wildman–Crippen LogP) is 1.71. The Labute approximate surface area is 194 Å². The number of hydrogen-bond acceptors (Lipinski definition) is 8. The smallest absolute Gasteiger partial charge is 0.306 e. The Kier molecular flexibility index (Phi) is 9.92. The molecule has 0 aliphatic heterocycles. The van der Waals surface area contributed by atoms with E-state index in [0.29, 0.717) is 37.2 Å². The molecule has 0 spiro atoms. The van der Waals surface area contributed by atoms with Crippen molar-refractivity contribution >= 4 is 5.97 Å². The lowest BCUT2D eigenvalue weighted by Crippen LogP contribution is -2.50. The van der Waals surface area contributed by atoms with Crippen LogP contribution < -0.4 is 15.2 Å². The van der Waals surface area contributed by atoms with Crippen LogP contribution in [0.5, 0.6) is 11.5 Å². The maximum atomic E-state index is 11.2. The number of carbonyl (C=O) groups is 1. The molecule has 3 rings (SSSR count). The van der Waals surface area contributed by atoms with E-state index in [-0.39, 0.29) is 12.0 Å². The second kappa shape index (κ2) is 12.2. The van der Waals surface area contributed by atoms with Crippen molar-refractivity contribution in [3.8, 4) is 17.6 Å². The number of nitriles is 1. The van der Waals surface area contributed by atoms with Crippen molar-refractivity contribution in [2.75, 3.05) is 26.9 Å². The lowest BCUT2D eigenvalue weighted by molar-refractivity contribution is -0.143. The van der Waals surface area contributed by atoms with Crippen molar-refractivity contribution in [1.29, 1.82) is 5.26 Å². The van der Waals surface area contributed by atoms with E-state index < -0.39 is 36.7 Å². The Bertz CT molecular complexity index is 797. The van der Waals surface area contributed by atoms with Gasteiger partial charge in [-0.05, 0) is 69.1 Å². The Morgan fingerprint density at radius 3 is 2.12 bits per heavy atom. The summed E-state index contributed by atoms with van der Waals surface area (Å²) in [5.74, 6) is 0.283. The van der Waals surface area contributed by atoms with Crippen LogP contribution in [-0.2, 0) is 10.2 Å². The van der Waals surface area contributed by atoms with Gasteiger partial charge >= 0.3 is 5.97 Å². The van der Waals surface area contributed by atoms with Gasteiger partial charge in [0, 0.05) is 0 Å². The fraction of sp³-hybridized carbons (Fsp3) is 0.667. The number of aliphatic hydroxyl groups excluding tert-OH is 3. The molecule has 0 atom stereocenters. The Morgan fingerprint density at radius 1 is 1.12 bits per heavy atom. The lowest BCUT2D eigenvalue weighted by Gasteiger charge is -2.34. The second-order valence-corrected chi connectivity index (χ2v) is 9.03. The van der Waals surface area contributed by atoms with E-state index in [1.165, 1.54) is 12.8 Å². The molecule has 0 saturated heterocycles. The third-order valence-corrected chi connectivity index (χ3v) is 6.66. The SMILES string of the molecule is COc1ccc([C@]2(C#N)CC[C@@H](C(=O)O)CC2)cc1OC1CCCC1.NC(CO)(CO)CO. The number of carboxylic acid groups (broad SMARTS) is 1. The first-order chi connectivity index (χ1) is 15.8. The third-order valence-electron chi connectivity index (χ3n) is 6.66. The normalized spacial score (nSPS) is 23.2. The van der Waals surface area contributed by atoms with Crippen LogP contribution in [0.4, 0.5) is 0 Å². The van der Waals surface area contributed by atoms with Crippen LogP contribution in [0.3, 0.4) is 0 Å². The molecule has 0 bridgehead atoms. The van der Waals surface area contributed by atoms with Crippen molar-refractivity contribution < 1.29 is 34.7 Å². The molecule has 0 unspecified atom stereocenters. The number of methoxy groups -OCH3 is 1. The van der Waals surface area contributed by atoms with E-state index in [9.17, 15) is 15.2 Å².